The highest BCUT2D eigenvalue weighted by molar-refractivity contribution is 6.30. The third-order valence-corrected chi connectivity index (χ3v) is 15.7. The van der Waals surface area contributed by atoms with Crippen LogP contribution in [0.2, 0.25) is 0 Å². The van der Waals surface area contributed by atoms with Crippen LogP contribution in [0.5, 0.6) is 23.0 Å². The molecule has 4 aromatic carbocycles. The van der Waals surface area contributed by atoms with E-state index < -0.39 is 12.2 Å². The molecule has 0 amide bonds. The number of carbonyl (C=O) groups is 2. The minimum atomic E-state index is -0.475. The molecule has 10 atom stereocenters. The number of pyridine rings is 2. The first-order valence-electron chi connectivity index (χ1n) is 23.4. The van der Waals surface area contributed by atoms with Crippen molar-refractivity contribution in [2.45, 2.75) is 76.7 Å². The third kappa shape index (κ3) is 6.83. The number of fused-ring (bicyclic) bond motifs is 10. The van der Waals surface area contributed by atoms with E-state index in [1.807, 2.05) is 85.2 Å². The summed E-state index contributed by atoms with van der Waals surface area (Å²) >= 11 is 0. The number of nitrogens with zero attached hydrogens (tertiary/aromatic N) is 4. The molecule has 0 radical (unpaired) electrons. The Morgan fingerprint density at radius 3 is 1.45 bits per heavy atom. The summed E-state index contributed by atoms with van der Waals surface area (Å²) in [6, 6.07) is 27.0. The van der Waals surface area contributed by atoms with Crippen molar-refractivity contribution >= 4 is 33.4 Å². The molecule has 0 N–H and O–H groups in total. The van der Waals surface area contributed by atoms with Gasteiger partial charge in [-0.15, -0.1) is 0 Å². The first kappa shape index (κ1) is 40.9. The SMILES string of the molecule is CCC1CN2CCC1C[C@@H]2[C@@H](Oc1ccc(O[C@@H](c2ccnc3ccc(OC)cc23)[C@H]2C[C@H]3CCN2CC3CC)c2c1C(=O)c1ccccc1C2=O)c1ccnc2ccc(OC)cc12. The second-order valence-corrected chi connectivity index (χ2v) is 18.7. The zero-order valence-corrected chi connectivity index (χ0v) is 37.2. The summed E-state index contributed by atoms with van der Waals surface area (Å²) in [5, 5.41) is 1.88. The van der Waals surface area contributed by atoms with Gasteiger partial charge in [0.25, 0.3) is 0 Å². The molecule has 0 spiro atoms. The lowest BCUT2D eigenvalue weighted by Gasteiger charge is -2.52. The van der Waals surface area contributed by atoms with Crippen LogP contribution in [0.4, 0.5) is 0 Å². The van der Waals surface area contributed by atoms with E-state index in [1.54, 1.807) is 26.4 Å². The highest BCUT2D eigenvalue weighted by Gasteiger charge is 2.47. The van der Waals surface area contributed by atoms with Crippen LogP contribution in [-0.2, 0) is 0 Å². The Bertz CT molecular complexity index is 2600. The van der Waals surface area contributed by atoms with Crippen molar-refractivity contribution in [1.29, 1.82) is 0 Å². The number of rotatable bonds is 12. The summed E-state index contributed by atoms with van der Waals surface area (Å²) in [4.78, 5) is 45.0. The molecular formula is C54H56N4O6. The lowest BCUT2D eigenvalue weighted by Crippen LogP contribution is -2.56. The largest absolute Gasteiger partial charge is 0.497 e. The Labute approximate surface area is 374 Å². The molecule has 5 unspecified atom stereocenters. The minimum absolute atomic E-state index is 0.0377. The standard InChI is InChI=1S/C54H56N4O6/c1-5-31-29-57-23-19-33(31)25-45(57)53(39-17-21-55-43-13-11-35(61-3)27-41(39)43)63-47-15-16-48(50-49(47)51(59)37-9-7-8-10-38(37)52(50)60)64-54(46-26-34-20-24-58(46)30-32(34)6-2)40-18-22-56-44-14-12-36(62-4)28-42(40)44/h7-18,21-22,27-28,31-34,45-46,53-54H,5-6,19-20,23-26,29-30H2,1-4H3/t31?,32?,33-,34?,45-,46-,53+,54+/m1/s1. The van der Waals surface area contributed by atoms with Crippen LogP contribution < -0.4 is 18.9 Å². The smallest absolute Gasteiger partial charge is 0.198 e. The molecule has 6 fully saturated rings. The fourth-order valence-corrected chi connectivity index (χ4v) is 12.3. The number of hydrogen-bond acceptors (Lipinski definition) is 10. The molecule has 10 heteroatoms. The van der Waals surface area contributed by atoms with Gasteiger partial charge in [-0.05, 0) is 123 Å². The van der Waals surface area contributed by atoms with Gasteiger partial charge in [-0.25, -0.2) is 0 Å². The van der Waals surface area contributed by atoms with Crippen LogP contribution in [0.25, 0.3) is 21.8 Å². The fourth-order valence-electron chi connectivity index (χ4n) is 12.3. The molecule has 7 aliphatic rings. The number of ketones is 2. The fraction of sp³-hybridized carbons (Fsp3) is 0.407. The van der Waals surface area contributed by atoms with E-state index in [9.17, 15) is 0 Å². The van der Waals surface area contributed by atoms with E-state index in [2.05, 4.69) is 23.6 Å². The van der Waals surface area contributed by atoms with Crippen LogP contribution in [0.15, 0.2) is 97.3 Å². The average molecular weight is 857 g/mol. The predicted octanol–water partition coefficient (Wildman–Crippen LogP) is 10.1. The lowest BCUT2D eigenvalue weighted by atomic mass is 9.72. The van der Waals surface area contributed by atoms with Gasteiger partial charge in [0, 0.05) is 58.5 Å². The van der Waals surface area contributed by atoms with Crippen molar-refractivity contribution in [1.82, 2.24) is 19.8 Å². The maximum atomic E-state index is 15.1. The van der Waals surface area contributed by atoms with Gasteiger partial charge < -0.3 is 18.9 Å². The number of benzene rings is 4. The monoisotopic (exact) mass is 856 g/mol. The zero-order chi connectivity index (χ0) is 43.6. The Hall–Kier alpha value is -5.84. The molecule has 328 valence electrons. The summed E-state index contributed by atoms with van der Waals surface area (Å²) in [5.41, 5.74) is 4.87. The van der Waals surface area contributed by atoms with Gasteiger partial charge in [-0.2, -0.15) is 0 Å². The summed E-state index contributed by atoms with van der Waals surface area (Å²) in [6.07, 6.45) is 9.30. The molecule has 13 rings (SSSR count). The first-order valence-corrected chi connectivity index (χ1v) is 23.4. The van der Waals surface area contributed by atoms with Gasteiger partial charge >= 0.3 is 0 Å². The van der Waals surface area contributed by atoms with E-state index in [1.165, 1.54) is 0 Å². The van der Waals surface area contributed by atoms with E-state index in [4.69, 9.17) is 28.9 Å². The van der Waals surface area contributed by atoms with E-state index >= 15 is 9.59 Å². The van der Waals surface area contributed by atoms with E-state index in [0.717, 1.165) is 109 Å². The molecule has 10 nitrogen and oxygen atoms in total. The van der Waals surface area contributed by atoms with Crippen LogP contribution in [0.3, 0.4) is 0 Å². The summed E-state index contributed by atoms with van der Waals surface area (Å²) in [5.74, 6) is 4.15. The lowest BCUT2D eigenvalue weighted by molar-refractivity contribution is -0.0493. The Balaban J connectivity index is 1.07. The van der Waals surface area contributed by atoms with Crippen molar-refractivity contribution in [3.05, 3.63) is 131 Å². The Morgan fingerprint density at radius 2 is 1.06 bits per heavy atom. The number of methoxy groups -OCH3 is 2. The highest BCUT2D eigenvalue weighted by Crippen LogP contribution is 2.49. The summed E-state index contributed by atoms with van der Waals surface area (Å²) in [7, 11) is 3.35. The van der Waals surface area contributed by atoms with Crippen molar-refractivity contribution in [3.8, 4) is 23.0 Å². The van der Waals surface area contributed by atoms with Crippen LogP contribution >= 0.6 is 0 Å². The van der Waals surface area contributed by atoms with E-state index in [-0.39, 0.29) is 34.8 Å². The summed E-state index contributed by atoms with van der Waals surface area (Å²) < 4.78 is 26.3. The molecule has 6 aliphatic heterocycles. The van der Waals surface area contributed by atoms with Gasteiger partial charge in [0.2, 0.25) is 0 Å². The molecule has 8 heterocycles. The van der Waals surface area contributed by atoms with Gasteiger partial charge in [0.05, 0.1) is 48.5 Å². The molecule has 64 heavy (non-hydrogen) atoms. The van der Waals surface area contributed by atoms with Gasteiger partial charge in [-0.1, -0.05) is 51.0 Å². The molecule has 6 saturated heterocycles. The summed E-state index contributed by atoms with van der Waals surface area (Å²) in [6.45, 7) is 8.58. The number of aromatic nitrogens is 2. The normalized spacial score (nSPS) is 26.6. The number of hydrogen-bond donors (Lipinski definition) is 0. The van der Waals surface area contributed by atoms with Crippen LogP contribution in [0.1, 0.15) is 108 Å². The Kier molecular flexibility index (Phi) is 10.6. The van der Waals surface area contributed by atoms with Crippen molar-refractivity contribution in [3.63, 3.8) is 0 Å². The average Bonchev–Trinajstić information content (AvgIpc) is 3.36. The molecule has 4 bridgehead atoms. The van der Waals surface area contributed by atoms with Crippen molar-refractivity contribution < 1.29 is 28.5 Å². The van der Waals surface area contributed by atoms with Gasteiger partial charge in [0.15, 0.2) is 11.6 Å². The minimum Gasteiger partial charge on any atom is -0.497 e. The van der Waals surface area contributed by atoms with E-state index in [0.29, 0.717) is 46.3 Å². The maximum absolute atomic E-state index is 15.1. The second kappa shape index (κ2) is 16.6. The van der Waals surface area contributed by atoms with Crippen LogP contribution in [0, 0.1) is 23.7 Å². The second-order valence-electron chi connectivity index (χ2n) is 18.7. The van der Waals surface area contributed by atoms with Crippen LogP contribution in [-0.4, -0.2) is 83.8 Å². The molecule has 0 saturated carbocycles. The third-order valence-electron chi connectivity index (χ3n) is 15.7. The molecule has 1 aliphatic carbocycles. The Morgan fingerprint density at radius 1 is 0.609 bits per heavy atom. The quantitative estimate of drug-likeness (QED) is 0.118. The van der Waals surface area contributed by atoms with Gasteiger partial charge in [0.1, 0.15) is 35.2 Å². The zero-order valence-electron chi connectivity index (χ0n) is 37.2. The molecule has 2 aromatic heterocycles. The van der Waals surface area contributed by atoms with Crippen molar-refractivity contribution in [2.24, 2.45) is 23.7 Å². The molecule has 6 aromatic rings. The predicted molar refractivity (Wildman–Crippen MR) is 247 cm³/mol. The maximum Gasteiger partial charge on any atom is 0.198 e. The highest BCUT2D eigenvalue weighted by atomic mass is 16.5. The number of piperidine rings is 6. The van der Waals surface area contributed by atoms with Crippen molar-refractivity contribution in [2.75, 3.05) is 40.4 Å². The topological polar surface area (TPSA) is 103 Å². The first-order chi connectivity index (χ1) is 31.3. The molecular weight excluding hydrogens is 801 g/mol. The number of carbonyl (C=O) groups excluding carboxylic acids is 2. The number of ether oxygens (including phenoxy) is 4. The van der Waals surface area contributed by atoms with Gasteiger partial charge in [-0.3, -0.25) is 29.4 Å².